The van der Waals surface area contributed by atoms with Crippen LogP contribution in [0, 0.1) is 10.1 Å². The first-order valence-electron chi connectivity index (χ1n) is 5.52. The fraction of sp³-hybridized carbons (Fsp3) is 0.0833. The van der Waals surface area contributed by atoms with E-state index in [2.05, 4.69) is 21.2 Å². The lowest BCUT2D eigenvalue weighted by Crippen LogP contribution is -2.22. The van der Waals surface area contributed by atoms with Gasteiger partial charge in [0.1, 0.15) is 5.69 Å². The van der Waals surface area contributed by atoms with Crippen LogP contribution in [0.5, 0.6) is 0 Å². The summed E-state index contributed by atoms with van der Waals surface area (Å²) in [5.41, 5.74) is 5.46. The molecule has 1 aromatic carbocycles. The summed E-state index contributed by atoms with van der Waals surface area (Å²) in [5.74, 6) is -0.377. The van der Waals surface area contributed by atoms with Gasteiger partial charge in [0.05, 0.1) is 11.5 Å². The highest BCUT2D eigenvalue weighted by Gasteiger charge is 2.15. The first-order chi connectivity index (χ1) is 9.47. The monoisotopic (exact) mass is 355 g/mol. The number of nitro benzene ring substituents is 1. The lowest BCUT2D eigenvalue weighted by atomic mass is 10.1. The Morgan fingerprint density at radius 3 is 2.80 bits per heavy atom. The zero-order valence-corrected chi connectivity index (χ0v) is 12.5. The molecule has 0 fully saturated rings. The van der Waals surface area contributed by atoms with E-state index in [1.54, 1.807) is 0 Å². The van der Waals surface area contributed by atoms with E-state index in [0.717, 1.165) is 9.35 Å². The molecule has 2 aromatic rings. The maximum absolute atomic E-state index is 11.9. The molecule has 0 saturated heterocycles. The number of hydrogen-bond acceptors (Lipinski definition) is 5. The van der Waals surface area contributed by atoms with Gasteiger partial charge in [-0.15, -0.1) is 11.3 Å². The third-order valence-electron chi connectivity index (χ3n) is 2.53. The number of thiophene rings is 1. The van der Waals surface area contributed by atoms with Crippen LogP contribution in [0.2, 0.25) is 0 Å². The molecule has 0 radical (unpaired) electrons. The third-order valence-corrected chi connectivity index (χ3v) is 4.23. The number of anilines is 1. The highest BCUT2D eigenvalue weighted by atomic mass is 79.9. The Morgan fingerprint density at radius 2 is 2.20 bits per heavy atom. The van der Waals surface area contributed by atoms with Gasteiger partial charge in [0.2, 0.25) is 0 Å². The van der Waals surface area contributed by atoms with Crippen LogP contribution in [0.3, 0.4) is 0 Å². The molecule has 104 valence electrons. The van der Waals surface area contributed by atoms with E-state index in [4.69, 9.17) is 5.73 Å². The number of carbonyl (C=O) groups is 1. The molecule has 0 spiro atoms. The van der Waals surface area contributed by atoms with E-state index < -0.39 is 4.92 Å². The molecule has 0 aliphatic carbocycles. The zero-order chi connectivity index (χ0) is 14.7. The van der Waals surface area contributed by atoms with Crippen molar-refractivity contribution in [3.63, 3.8) is 0 Å². The largest absolute Gasteiger partial charge is 0.393 e. The summed E-state index contributed by atoms with van der Waals surface area (Å²) >= 11 is 4.83. The molecule has 0 aliphatic heterocycles. The minimum atomic E-state index is -0.609. The second-order valence-corrected chi connectivity index (χ2v) is 5.86. The fourth-order valence-corrected chi connectivity index (χ4v) is 2.95. The Bertz CT molecular complexity index is 672. The number of halogens is 1. The number of nitrogens with two attached hydrogens (primary N) is 1. The molecule has 0 aliphatic rings. The lowest BCUT2D eigenvalue weighted by Gasteiger charge is -2.04. The summed E-state index contributed by atoms with van der Waals surface area (Å²) in [6, 6.07) is 5.89. The van der Waals surface area contributed by atoms with E-state index in [-0.39, 0.29) is 22.8 Å². The predicted octanol–water partition coefficient (Wildman–Crippen LogP) is 2.93. The van der Waals surface area contributed by atoms with Gasteiger partial charge in [-0.25, -0.2) is 0 Å². The number of amides is 1. The molecule has 1 heterocycles. The number of benzene rings is 1. The number of rotatable bonds is 4. The molecule has 0 unspecified atom stereocenters. The van der Waals surface area contributed by atoms with Crippen molar-refractivity contribution >= 4 is 44.5 Å². The highest BCUT2D eigenvalue weighted by Crippen LogP contribution is 2.23. The molecule has 0 saturated carbocycles. The smallest absolute Gasteiger partial charge is 0.292 e. The minimum Gasteiger partial charge on any atom is -0.393 e. The topological polar surface area (TPSA) is 98.3 Å². The minimum absolute atomic E-state index is 0.0359. The lowest BCUT2D eigenvalue weighted by molar-refractivity contribution is -0.383. The van der Waals surface area contributed by atoms with Crippen LogP contribution in [0.4, 0.5) is 11.4 Å². The van der Waals surface area contributed by atoms with E-state index in [9.17, 15) is 14.9 Å². The van der Waals surface area contributed by atoms with E-state index in [1.165, 1.54) is 29.5 Å². The van der Waals surface area contributed by atoms with E-state index in [0.29, 0.717) is 6.54 Å². The molecule has 8 heteroatoms. The molecular formula is C12H10BrN3O3S. The molecule has 1 amide bonds. The Morgan fingerprint density at radius 1 is 1.45 bits per heavy atom. The van der Waals surface area contributed by atoms with Crippen molar-refractivity contribution in [2.75, 3.05) is 5.73 Å². The predicted molar refractivity (Wildman–Crippen MR) is 80.7 cm³/mol. The second kappa shape index (κ2) is 6.02. The van der Waals surface area contributed by atoms with Gasteiger partial charge in [0.25, 0.3) is 11.6 Å². The first-order valence-corrected chi connectivity index (χ1v) is 7.19. The van der Waals surface area contributed by atoms with Gasteiger partial charge < -0.3 is 11.1 Å². The third kappa shape index (κ3) is 3.34. The van der Waals surface area contributed by atoms with Gasteiger partial charge in [0.15, 0.2) is 0 Å². The number of nitrogens with one attached hydrogen (secondary N) is 1. The maximum Gasteiger partial charge on any atom is 0.292 e. The number of hydrogen-bond donors (Lipinski definition) is 2. The number of nitro groups is 1. The first kappa shape index (κ1) is 14.5. The summed E-state index contributed by atoms with van der Waals surface area (Å²) in [6.07, 6.45) is 0. The molecular weight excluding hydrogens is 346 g/mol. The van der Waals surface area contributed by atoms with Crippen LogP contribution in [0.25, 0.3) is 0 Å². The number of nitrogen functional groups attached to an aromatic ring is 1. The number of nitrogens with zero attached hydrogens (tertiary/aromatic N) is 1. The average molecular weight is 356 g/mol. The van der Waals surface area contributed by atoms with Gasteiger partial charge in [-0.05, 0) is 34.1 Å². The zero-order valence-electron chi connectivity index (χ0n) is 10.1. The maximum atomic E-state index is 11.9. The highest BCUT2D eigenvalue weighted by molar-refractivity contribution is 9.10. The van der Waals surface area contributed by atoms with Gasteiger partial charge in [-0.2, -0.15) is 0 Å². The molecule has 2 rings (SSSR count). The van der Waals surface area contributed by atoms with Crippen molar-refractivity contribution in [1.82, 2.24) is 5.32 Å². The summed E-state index contributed by atoms with van der Waals surface area (Å²) < 4.78 is 0.954. The van der Waals surface area contributed by atoms with Crippen LogP contribution >= 0.6 is 27.3 Å². The molecule has 3 N–H and O–H groups in total. The van der Waals surface area contributed by atoms with Gasteiger partial charge in [-0.1, -0.05) is 0 Å². The van der Waals surface area contributed by atoms with Gasteiger partial charge in [-0.3, -0.25) is 14.9 Å². The Kier molecular flexibility index (Phi) is 4.35. The van der Waals surface area contributed by atoms with Crippen LogP contribution in [0.15, 0.2) is 34.1 Å². The Hall–Kier alpha value is -1.93. The van der Waals surface area contributed by atoms with Crippen molar-refractivity contribution in [1.29, 1.82) is 0 Å². The summed E-state index contributed by atoms with van der Waals surface area (Å²) in [5, 5.41) is 15.4. The molecule has 20 heavy (non-hydrogen) atoms. The second-order valence-electron chi connectivity index (χ2n) is 3.94. The van der Waals surface area contributed by atoms with Crippen molar-refractivity contribution in [2.45, 2.75) is 6.54 Å². The fourth-order valence-electron chi connectivity index (χ4n) is 1.56. The summed E-state index contributed by atoms with van der Waals surface area (Å²) in [6.45, 7) is 0.368. The van der Waals surface area contributed by atoms with Gasteiger partial charge >= 0.3 is 0 Å². The van der Waals surface area contributed by atoms with E-state index in [1.807, 2.05) is 11.4 Å². The molecule has 1 aromatic heterocycles. The standard InChI is InChI=1S/C12H10BrN3O3S/c13-8-4-9(20-6-8)5-15-12(17)7-1-2-10(14)11(3-7)16(18)19/h1-4,6H,5,14H2,(H,15,17). The summed E-state index contributed by atoms with van der Waals surface area (Å²) in [4.78, 5) is 23.1. The quantitative estimate of drug-likeness (QED) is 0.500. The Balaban J connectivity index is 2.09. The molecule has 6 nitrogen and oxygen atoms in total. The molecule has 0 bridgehead atoms. The van der Waals surface area contributed by atoms with Crippen molar-refractivity contribution in [2.24, 2.45) is 0 Å². The van der Waals surface area contributed by atoms with Crippen molar-refractivity contribution in [3.8, 4) is 0 Å². The van der Waals surface area contributed by atoms with Gasteiger partial charge in [0, 0.05) is 26.4 Å². The molecule has 0 atom stereocenters. The van der Waals surface area contributed by atoms with Crippen LogP contribution in [-0.4, -0.2) is 10.8 Å². The van der Waals surface area contributed by atoms with Crippen molar-refractivity contribution < 1.29 is 9.72 Å². The summed E-state index contributed by atoms with van der Waals surface area (Å²) in [7, 11) is 0. The van der Waals surface area contributed by atoms with Crippen LogP contribution in [0.1, 0.15) is 15.2 Å². The van der Waals surface area contributed by atoms with Crippen LogP contribution < -0.4 is 11.1 Å². The number of carbonyl (C=O) groups excluding carboxylic acids is 1. The van der Waals surface area contributed by atoms with E-state index >= 15 is 0 Å². The van der Waals surface area contributed by atoms with Crippen molar-refractivity contribution in [3.05, 3.63) is 54.7 Å². The van der Waals surface area contributed by atoms with Crippen LogP contribution in [-0.2, 0) is 6.54 Å². The normalized spacial score (nSPS) is 10.2. The SMILES string of the molecule is Nc1ccc(C(=O)NCc2cc(Br)cs2)cc1[N+](=O)[O-]. The Labute approximate surface area is 126 Å². The average Bonchev–Trinajstić information content (AvgIpc) is 2.82.